The summed E-state index contributed by atoms with van der Waals surface area (Å²) >= 11 is 3.96. The molecular weight excluding hydrogens is 286 g/mol. The number of rotatable bonds is 5. The number of hydrogen-bond acceptors (Lipinski definition) is 4. The van der Waals surface area contributed by atoms with Gasteiger partial charge in [-0.25, -0.2) is 0 Å². The molecule has 2 saturated heterocycles. The molecule has 3 atom stereocenters. The SMILES string of the molecule is CCNC(Cc1cccs1)C1CCOC2(CCSC2)C1. The monoisotopic (exact) mass is 311 g/mol. The Morgan fingerprint density at radius 1 is 1.55 bits per heavy atom. The average molecular weight is 312 g/mol. The largest absolute Gasteiger partial charge is 0.374 e. The van der Waals surface area contributed by atoms with Crippen molar-refractivity contribution < 1.29 is 4.74 Å². The van der Waals surface area contributed by atoms with Crippen molar-refractivity contribution in [2.75, 3.05) is 24.7 Å². The number of likely N-dealkylation sites (N-methyl/N-ethyl adjacent to an activating group) is 1. The summed E-state index contributed by atoms with van der Waals surface area (Å²) in [5.74, 6) is 3.26. The standard InChI is InChI=1S/C16H25NOS2/c1-2-17-15(10-14-4-3-8-20-14)13-5-7-18-16(11-13)6-9-19-12-16/h3-4,8,13,15,17H,2,5-7,9-12H2,1H3. The Morgan fingerprint density at radius 2 is 2.50 bits per heavy atom. The highest BCUT2D eigenvalue weighted by molar-refractivity contribution is 7.99. The molecule has 20 heavy (non-hydrogen) atoms. The molecule has 0 aromatic carbocycles. The lowest BCUT2D eigenvalue weighted by atomic mass is 9.80. The van der Waals surface area contributed by atoms with E-state index in [1.165, 1.54) is 42.1 Å². The smallest absolute Gasteiger partial charge is 0.0783 e. The van der Waals surface area contributed by atoms with Gasteiger partial charge in [0.1, 0.15) is 0 Å². The highest BCUT2D eigenvalue weighted by Gasteiger charge is 2.42. The van der Waals surface area contributed by atoms with Gasteiger partial charge >= 0.3 is 0 Å². The Morgan fingerprint density at radius 3 is 3.20 bits per heavy atom. The van der Waals surface area contributed by atoms with Gasteiger partial charge in [0.25, 0.3) is 0 Å². The van der Waals surface area contributed by atoms with Gasteiger partial charge in [-0.1, -0.05) is 13.0 Å². The number of hydrogen-bond donors (Lipinski definition) is 1. The van der Waals surface area contributed by atoms with Crippen molar-refractivity contribution in [3.63, 3.8) is 0 Å². The van der Waals surface area contributed by atoms with E-state index in [2.05, 4.69) is 41.5 Å². The van der Waals surface area contributed by atoms with Gasteiger partial charge in [-0.2, -0.15) is 11.8 Å². The Bertz CT molecular complexity index is 401. The molecule has 0 amide bonds. The molecule has 1 N–H and O–H groups in total. The van der Waals surface area contributed by atoms with E-state index in [0.717, 1.165) is 19.1 Å². The molecule has 0 aliphatic carbocycles. The second kappa shape index (κ2) is 6.82. The molecule has 1 aromatic heterocycles. The molecule has 4 heteroatoms. The van der Waals surface area contributed by atoms with Gasteiger partial charge in [0.05, 0.1) is 5.60 Å². The van der Waals surface area contributed by atoms with Crippen LogP contribution in [-0.4, -0.2) is 36.3 Å². The third-order valence-corrected chi connectivity index (χ3v) is 6.76. The first kappa shape index (κ1) is 14.9. The lowest BCUT2D eigenvalue weighted by molar-refractivity contribution is -0.0849. The molecule has 3 rings (SSSR count). The van der Waals surface area contributed by atoms with Crippen LogP contribution in [0.4, 0.5) is 0 Å². The van der Waals surface area contributed by atoms with E-state index in [9.17, 15) is 0 Å². The van der Waals surface area contributed by atoms with Crippen molar-refractivity contribution in [2.24, 2.45) is 5.92 Å². The van der Waals surface area contributed by atoms with E-state index >= 15 is 0 Å². The van der Waals surface area contributed by atoms with E-state index in [4.69, 9.17) is 4.74 Å². The van der Waals surface area contributed by atoms with Crippen molar-refractivity contribution in [2.45, 2.75) is 44.2 Å². The number of thiophene rings is 1. The molecule has 112 valence electrons. The molecule has 3 unspecified atom stereocenters. The third-order valence-electron chi connectivity index (χ3n) is 4.63. The molecule has 0 radical (unpaired) electrons. The zero-order chi connectivity index (χ0) is 13.8. The minimum Gasteiger partial charge on any atom is -0.374 e. The average Bonchev–Trinajstić information content (AvgIpc) is 3.11. The van der Waals surface area contributed by atoms with Crippen LogP contribution >= 0.6 is 23.1 Å². The molecule has 2 aliphatic heterocycles. The lowest BCUT2D eigenvalue weighted by Crippen LogP contribution is -2.47. The maximum atomic E-state index is 6.17. The van der Waals surface area contributed by atoms with Crippen LogP contribution in [0.2, 0.25) is 0 Å². The highest BCUT2D eigenvalue weighted by atomic mass is 32.2. The van der Waals surface area contributed by atoms with Crippen LogP contribution in [0.3, 0.4) is 0 Å². The number of thioether (sulfide) groups is 1. The first-order chi connectivity index (χ1) is 9.81. The van der Waals surface area contributed by atoms with Crippen LogP contribution in [0.25, 0.3) is 0 Å². The first-order valence-corrected chi connectivity index (χ1v) is 9.82. The van der Waals surface area contributed by atoms with Gasteiger partial charge in [0.15, 0.2) is 0 Å². The second-order valence-electron chi connectivity index (χ2n) is 6.03. The maximum absolute atomic E-state index is 6.17. The Kier molecular flexibility index (Phi) is 5.08. The summed E-state index contributed by atoms with van der Waals surface area (Å²) < 4.78 is 6.17. The van der Waals surface area contributed by atoms with Crippen molar-refractivity contribution >= 4 is 23.1 Å². The van der Waals surface area contributed by atoms with Crippen LogP contribution in [0, 0.1) is 5.92 Å². The number of ether oxygens (including phenoxy) is 1. The van der Waals surface area contributed by atoms with Gasteiger partial charge < -0.3 is 10.1 Å². The highest BCUT2D eigenvalue weighted by Crippen LogP contribution is 2.41. The zero-order valence-corrected chi connectivity index (χ0v) is 13.9. The quantitative estimate of drug-likeness (QED) is 0.898. The van der Waals surface area contributed by atoms with Gasteiger partial charge in [-0.15, -0.1) is 11.3 Å². The van der Waals surface area contributed by atoms with Crippen LogP contribution in [0.15, 0.2) is 17.5 Å². The van der Waals surface area contributed by atoms with Crippen LogP contribution < -0.4 is 5.32 Å². The second-order valence-corrected chi connectivity index (χ2v) is 8.17. The van der Waals surface area contributed by atoms with E-state index in [0.29, 0.717) is 6.04 Å². The van der Waals surface area contributed by atoms with Crippen LogP contribution in [-0.2, 0) is 11.2 Å². The Labute approximate surface area is 130 Å². The van der Waals surface area contributed by atoms with E-state index in [1.807, 2.05) is 11.3 Å². The summed E-state index contributed by atoms with van der Waals surface area (Å²) in [6.45, 7) is 4.24. The van der Waals surface area contributed by atoms with Crippen LogP contribution in [0.5, 0.6) is 0 Å². The maximum Gasteiger partial charge on any atom is 0.0783 e. The van der Waals surface area contributed by atoms with Crippen molar-refractivity contribution in [3.8, 4) is 0 Å². The lowest BCUT2D eigenvalue weighted by Gasteiger charge is -2.41. The zero-order valence-electron chi connectivity index (χ0n) is 12.3. The fraction of sp³-hybridized carbons (Fsp3) is 0.750. The predicted molar refractivity (Wildman–Crippen MR) is 88.8 cm³/mol. The van der Waals surface area contributed by atoms with Gasteiger partial charge in [0, 0.05) is 23.3 Å². The summed E-state index contributed by atoms with van der Waals surface area (Å²) in [6, 6.07) is 5.06. The summed E-state index contributed by atoms with van der Waals surface area (Å²) in [5, 5.41) is 5.93. The fourth-order valence-corrected chi connectivity index (χ4v) is 5.73. The normalized spacial score (nSPS) is 31.8. The number of nitrogens with one attached hydrogen (secondary N) is 1. The van der Waals surface area contributed by atoms with Crippen LogP contribution in [0.1, 0.15) is 31.1 Å². The van der Waals surface area contributed by atoms with Gasteiger partial charge in [0.2, 0.25) is 0 Å². The topological polar surface area (TPSA) is 21.3 Å². The minimum absolute atomic E-state index is 0.205. The molecular formula is C16H25NOS2. The third kappa shape index (κ3) is 3.41. The van der Waals surface area contributed by atoms with E-state index in [1.54, 1.807) is 0 Å². The molecule has 2 aliphatic rings. The summed E-state index contributed by atoms with van der Waals surface area (Å²) in [6.07, 6.45) is 4.91. The molecule has 3 heterocycles. The van der Waals surface area contributed by atoms with Crippen molar-refractivity contribution in [1.82, 2.24) is 5.32 Å². The Balaban J connectivity index is 1.66. The molecule has 2 nitrogen and oxygen atoms in total. The van der Waals surface area contributed by atoms with Crippen molar-refractivity contribution in [3.05, 3.63) is 22.4 Å². The van der Waals surface area contributed by atoms with E-state index in [-0.39, 0.29) is 5.60 Å². The summed E-state index contributed by atoms with van der Waals surface area (Å²) in [5.41, 5.74) is 0.205. The fourth-order valence-electron chi connectivity index (χ4n) is 3.59. The molecule has 0 bridgehead atoms. The first-order valence-electron chi connectivity index (χ1n) is 7.79. The van der Waals surface area contributed by atoms with E-state index < -0.39 is 0 Å². The minimum atomic E-state index is 0.205. The molecule has 1 aromatic rings. The van der Waals surface area contributed by atoms with Gasteiger partial charge in [-0.05, 0) is 55.3 Å². The predicted octanol–water partition coefficient (Wildman–Crippen LogP) is 3.57. The summed E-state index contributed by atoms with van der Waals surface area (Å²) in [7, 11) is 0. The Hall–Kier alpha value is -0.0300. The van der Waals surface area contributed by atoms with Gasteiger partial charge in [-0.3, -0.25) is 0 Å². The molecule has 1 spiro atoms. The summed E-state index contributed by atoms with van der Waals surface area (Å²) in [4.78, 5) is 1.51. The molecule has 0 saturated carbocycles. The molecule has 2 fully saturated rings. The van der Waals surface area contributed by atoms with Crippen molar-refractivity contribution in [1.29, 1.82) is 0 Å².